The Labute approximate surface area is 268 Å². The molecule has 2 aliphatic heterocycles. The highest BCUT2D eigenvalue weighted by Gasteiger charge is 2.46. The smallest absolute Gasteiger partial charge is 0.429 e. The molecular formula is C32H33ClF3N7O3. The van der Waals surface area contributed by atoms with Gasteiger partial charge in [0.1, 0.15) is 11.9 Å². The van der Waals surface area contributed by atoms with Crippen LogP contribution in [-0.4, -0.2) is 62.7 Å². The topological polar surface area (TPSA) is 131 Å². The van der Waals surface area contributed by atoms with Crippen LogP contribution in [0, 0.1) is 19.3 Å². The average molecular weight is 656 g/mol. The zero-order valence-corrected chi connectivity index (χ0v) is 25.9. The molecule has 0 saturated carbocycles. The third-order valence-corrected chi connectivity index (χ3v) is 8.92. The first-order valence-electron chi connectivity index (χ1n) is 14.8. The lowest BCUT2D eigenvalue weighted by Crippen LogP contribution is -2.41. The van der Waals surface area contributed by atoms with E-state index in [2.05, 4.69) is 20.4 Å². The fourth-order valence-electron chi connectivity index (χ4n) is 6.36. The number of aryl methyl sites for hydroxylation is 2. The van der Waals surface area contributed by atoms with Gasteiger partial charge in [0.2, 0.25) is 17.9 Å². The van der Waals surface area contributed by atoms with Crippen molar-refractivity contribution in [2.75, 3.05) is 30.3 Å². The van der Waals surface area contributed by atoms with E-state index >= 15 is 0 Å². The monoisotopic (exact) mass is 655 g/mol. The molecule has 2 fully saturated rings. The number of carboxylic acids is 1. The van der Waals surface area contributed by atoms with Crippen LogP contribution >= 0.6 is 11.6 Å². The average Bonchev–Trinajstić information content (AvgIpc) is 3.61. The van der Waals surface area contributed by atoms with Gasteiger partial charge in [0.05, 0.1) is 11.4 Å². The molecule has 0 amide bonds. The molecule has 2 aromatic carbocycles. The predicted molar refractivity (Wildman–Crippen MR) is 167 cm³/mol. The third-order valence-electron chi connectivity index (χ3n) is 8.71. The van der Waals surface area contributed by atoms with E-state index in [-0.39, 0.29) is 28.5 Å². The van der Waals surface area contributed by atoms with Crippen LogP contribution < -0.4 is 20.7 Å². The lowest BCUT2D eigenvalue weighted by molar-refractivity contribution is -0.198. The number of nitrogens with two attached hydrogens (primary N) is 1. The molecule has 0 radical (unpaired) electrons. The number of hydrogen-bond acceptors (Lipinski definition) is 8. The fraction of sp³-hybridized carbons (Fsp3) is 0.375. The van der Waals surface area contributed by atoms with Crippen LogP contribution in [0.5, 0.6) is 5.88 Å². The minimum absolute atomic E-state index is 0.157. The number of ether oxygens (including phenoxy) is 1. The number of nitrogens with one attached hydrogen (secondary N) is 1. The molecule has 6 rings (SSSR count). The van der Waals surface area contributed by atoms with Crippen molar-refractivity contribution in [2.45, 2.75) is 51.4 Å². The van der Waals surface area contributed by atoms with Crippen LogP contribution in [0.15, 0.2) is 54.7 Å². The van der Waals surface area contributed by atoms with Gasteiger partial charge in [-0.1, -0.05) is 29.8 Å². The van der Waals surface area contributed by atoms with Gasteiger partial charge in [-0.05, 0) is 79.5 Å². The van der Waals surface area contributed by atoms with Gasteiger partial charge >= 0.3 is 12.1 Å². The number of alkyl halides is 3. The summed E-state index contributed by atoms with van der Waals surface area (Å²) in [4.78, 5) is 21.6. The van der Waals surface area contributed by atoms with E-state index in [1.54, 1.807) is 43.5 Å². The number of anilines is 2. The number of rotatable bonds is 7. The van der Waals surface area contributed by atoms with Crippen LogP contribution in [-0.2, 0) is 4.79 Å². The Morgan fingerprint density at radius 2 is 1.87 bits per heavy atom. The molecule has 2 aliphatic rings. The van der Waals surface area contributed by atoms with E-state index in [0.717, 1.165) is 11.1 Å². The number of carbonyl (C=O) groups is 1. The van der Waals surface area contributed by atoms with Crippen LogP contribution in [0.25, 0.3) is 16.8 Å². The Morgan fingerprint density at radius 3 is 2.50 bits per heavy atom. The second-order valence-electron chi connectivity index (χ2n) is 12.1. The van der Waals surface area contributed by atoms with E-state index in [9.17, 15) is 23.1 Å². The SMILES string of the molecule is Cc1cc(Cl)cc(-c2ccc([C@@H](Oc3cc(N4CCC5(CC4)CNC(C(=O)O)C5)nc(N)n3)C(F)(F)F)c(-n3ccc(C)n3)c2)c1. The van der Waals surface area contributed by atoms with E-state index < -0.39 is 24.3 Å². The molecule has 4 heterocycles. The summed E-state index contributed by atoms with van der Waals surface area (Å²) in [6, 6.07) is 12.5. The maximum absolute atomic E-state index is 14.8. The van der Waals surface area contributed by atoms with Gasteiger partial charge in [-0.15, -0.1) is 0 Å². The molecule has 10 nitrogen and oxygen atoms in total. The second-order valence-corrected chi connectivity index (χ2v) is 12.6. The Hall–Kier alpha value is -4.36. The zero-order valence-electron chi connectivity index (χ0n) is 25.2. The van der Waals surface area contributed by atoms with Crippen molar-refractivity contribution in [1.29, 1.82) is 0 Å². The van der Waals surface area contributed by atoms with E-state index in [1.807, 2.05) is 17.9 Å². The van der Waals surface area contributed by atoms with Crippen molar-refractivity contribution in [2.24, 2.45) is 5.41 Å². The molecule has 4 N–H and O–H groups in total. The van der Waals surface area contributed by atoms with Crippen LogP contribution in [0.4, 0.5) is 24.9 Å². The number of nitrogen functional groups attached to an aromatic ring is 1. The molecule has 1 unspecified atom stereocenters. The predicted octanol–water partition coefficient (Wildman–Crippen LogP) is 5.90. The van der Waals surface area contributed by atoms with Crippen LogP contribution in [0.3, 0.4) is 0 Å². The first-order valence-corrected chi connectivity index (χ1v) is 15.2. The number of halogens is 4. The van der Waals surface area contributed by atoms with Gasteiger partial charge in [-0.25, -0.2) is 4.68 Å². The Bertz CT molecular complexity index is 1750. The molecule has 0 aliphatic carbocycles. The first-order chi connectivity index (χ1) is 21.8. The molecule has 1 spiro atoms. The highest BCUT2D eigenvalue weighted by atomic mass is 35.5. The molecule has 46 heavy (non-hydrogen) atoms. The number of aromatic nitrogens is 4. The summed E-state index contributed by atoms with van der Waals surface area (Å²) in [5, 5.41) is 17.4. The summed E-state index contributed by atoms with van der Waals surface area (Å²) < 4.78 is 51.5. The van der Waals surface area contributed by atoms with E-state index in [4.69, 9.17) is 22.1 Å². The lowest BCUT2D eigenvalue weighted by Gasteiger charge is -2.39. The van der Waals surface area contributed by atoms with Gasteiger partial charge in [0.15, 0.2) is 0 Å². The molecular weight excluding hydrogens is 623 g/mol. The Kier molecular flexibility index (Phi) is 8.32. The fourth-order valence-corrected chi connectivity index (χ4v) is 6.65. The number of nitrogens with zero attached hydrogens (tertiary/aromatic N) is 5. The first kappa shape index (κ1) is 31.6. The van der Waals surface area contributed by atoms with Gasteiger partial charge in [0, 0.05) is 42.5 Å². The van der Waals surface area contributed by atoms with Gasteiger partial charge in [-0.3, -0.25) is 4.79 Å². The zero-order chi connectivity index (χ0) is 32.8. The number of hydrogen-bond donors (Lipinski definition) is 3. The molecule has 14 heteroatoms. The third kappa shape index (κ3) is 6.61. The maximum Gasteiger partial charge on any atom is 0.429 e. The molecule has 4 aromatic rings. The summed E-state index contributed by atoms with van der Waals surface area (Å²) in [7, 11) is 0. The van der Waals surface area contributed by atoms with Crippen molar-refractivity contribution in [1.82, 2.24) is 25.1 Å². The van der Waals surface area contributed by atoms with Crippen LogP contribution in [0.2, 0.25) is 5.02 Å². The van der Waals surface area contributed by atoms with Crippen molar-refractivity contribution in [3.05, 3.63) is 76.6 Å². The molecule has 2 aromatic heterocycles. The molecule has 242 valence electrons. The lowest BCUT2D eigenvalue weighted by atomic mass is 9.76. The highest BCUT2D eigenvalue weighted by Crippen LogP contribution is 2.43. The normalized spacial score (nSPS) is 18.6. The van der Waals surface area contributed by atoms with Crippen molar-refractivity contribution in [3.8, 4) is 22.7 Å². The largest absolute Gasteiger partial charge is 0.480 e. The molecule has 2 saturated heterocycles. The summed E-state index contributed by atoms with van der Waals surface area (Å²) >= 11 is 6.29. The minimum atomic E-state index is -4.83. The van der Waals surface area contributed by atoms with Crippen molar-refractivity contribution in [3.63, 3.8) is 0 Å². The molecule has 2 atom stereocenters. The number of carboxylic acid groups (broad SMARTS) is 1. The van der Waals surface area contributed by atoms with Gasteiger partial charge in [0.25, 0.3) is 0 Å². The second kappa shape index (κ2) is 12.1. The summed E-state index contributed by atoms with van der Waals surface area (Å²) in [6.45, 7) is 5.29. The summed E-state index contributed by atoms with van der Waals surface area (Å²) in [5.41, 5.74) is 8.77. The minimum Gasteiger partial charge on any atom is -0.480 e. The van der Waals surface area contributed by atoms with Crippen molar-refractivity contribution < 1.29 is 27.8 Å². The summed E-state index contributed by atoms with van der Waals surface area (Å²) in [5.74, 6) is -1.08. The summed E-state index contributed by atoms with van der Waals surface area (Å²) in [6.07, 6.45) is -3.74. The van der Waals surface area contributed by atoms with Crippen molar-refractivity contribution >= 4 is 29.3 Å². The van der Waals surface area contributed by atoms with Gasteiger partial charge in [-0.2, -0.15) is 28.2 Å². The highest BCUT2D eigenvalue weighted by molar-refractivity contribution is 6.31. The number of piperidine rings is 1. The Morgan fingerprint density at radius 1 is 1.11 bits per heavy atom. The number of aliphatic carboxylic acids is 1. The van der Waals surface area contributed by atoms with Gasteiger partial charge < -0.3 is 25.8 Å². The van der Waals surface area contributed by atoms with Crippen LogP contribution in [0.1, 0.15) is 42.2 Å². The Balaban J connectivity index is 1.31. The molecule has 0 bridgehead atoms. The maximum atomic E-state index is 14.8. The van der Waals surface area contributed by atoms with E-state index in [0.29, 0.717) is 61.0 Å². The standard InChI is InChI=1S/C32H33ClF3N7O3/c1-18-11-21(13-22(33)12-18)20-3-4-23(25(14-20)43-8-5-19(2)41-43)28(32(34,35)36)46-27-15-26(39-30(37)40-27)42-9-6-31(7-10-42)16-24(29(44)45)38-17-31/h3-5,8,11-15,24,28,38H,6-7,9-10,16-17H2,1-2H3,(H,44,45)(H2,37,39,40)/t24?,28-/m1/s1. The number of benzene rings is 2. The quantitative estimate of drug-likeness (QED) is 0.223. The van der Waals surface area contributed by atoms with E-state index in [1.165, 1.54) is 16.8 Å².